The van der Waals surface area contributed by atoms with Gasteiger partial charge in [0, 0.05) is 45.8 Å². The lowest BCUT2D eigenvalue weighted by molar-refractivity contribution is 0.148. The van der Waals surface area contributed by atoms with Crippen LogP contribution in [-0.2, 0) is 19.6 Å². The monoisotopic (exact) mass is 369 g/mol. The Hall–Kier alpha value is -2.08. The van der Waals surface area contributed by atoms with Gasteiger partial charge in [-0.15, -0.1) is 0 Å². The number of rotatable bonds is 8. The number of likely N-dealkylation sites (N-methyl/N-ethyl adjacent to an activating group) is 1. The molecule has 1 heterocycles. The quantitative estimate of drug-likeness (QED) is 0.774. The molecule has 5 heteroatoms. The van der Waals surface area contributed by atoms with Crippen LogP contribution in [0.1, 0.15) is 16.7 Å². The molecule has 0 bridgehead atoms. The normalized spacial score (nSPS) is 15.7. The van der Waals surface area contributed by atoms with E-state index in [1.165, 1.54) is 16.7 Å². The zero-order chi connectivity index (χ0) is 19.1. The maximum absolute atomic E-state index is 5.36. The van der Waals surface area contributed by atoms with Crippen molar-refractivity contribution in [1.29, 1.82) is 0 Å². The molecule has 2 aromatic carbocycles. The van der Waals surface area contributed by atoms with E-state index in [1.807, 2.05) is 12.1 Å². The van der Waals surface area contributed by atoms with Gasteiger partial charge >= 0.3 is 0 Å². The predicted molar refractivity (Wildman–Crippen MR) is 109 cm³/mol. The molecule has 0 aliphatic carbocycles. The molecule has 0 spiro atoms. The summed E-state index contributed by atoms with van der Waals surface area (Å²) in [7, 11) is 5.52. The summed E-state index contributed by atoms with van der Waals surface area (Å²) >= 11 is 0. The Morgan fingerprint density at radius 1 is 0.778 bits per heavy atom. The Kier molecular flexibility index (Phi) is 7.10. The molecule has 0 unspecified atom stereocenters. The molecular weight excluding hydrogens is 338 g/mol. The van der Waals surface area contributed by atoms with Gasteiger partial charge in [0.1, 0.15) is 0 Å². The summed E-state index contributed by atoms with van der Waals surface area (Å²) in [6.45, 7) is 7.34. The number of hydrogen-bond donors (Lipinski definition) is 1. The molecule has 3 rings (SSSR count). The number of nitrogens with one attached hydrogen (secondary N) is 1. The van der Waals surface area contributed by atoms with E-state index in [-0.39, 0.29) is 0 Å². The second-order valence-electron chi connectivity index (χ2n) is 7.19. The maximum Gasteiger partial charge on any atom is 0.161 e. The summed E-state index contributed by atoms with van der Waals surface area (Å²) in [5.41, 5.74) is 3.88. The minimum atomic E-state index is 0.761. The second-order valence-corrected chi connectivity index (χ2v) is 7.19. The fourth-order valence-corrected chi connectivity index (χ4v) is 3.37. The standard InChI is InChI=1S/C22H31N3O2/c1-24-10-12-25(13-11-24)17-19-6-4-18(5-7-19)15-23-16-20-8-9-21(26-2)22(14-20)27-3/h4-9,14,23H,10-13,15-17H2,1-3H3. The highest BCUT2D eigenvalue weighted by molar-refractivity contribution is 5.42. The van der Waals surface area contributed by atoms with Gasteiger partial charge in [-0.2, -0.15) is 0 Å². The van der Waals surface area contributed by atoms with Gasteiger partial charge in [0.15, 0.2) is 11.5 Å². The number of piperazine rings is 1. The molecule has 0 atom stereocenters. The van der Waals surface area contributed by atoms with Gasteiger partial charge < -0.3 is 19.7 Å². The summed E-state index contributed by atoms with van der Waals surface area (Å²) in [6, 6.07) is 15.0. The van der Waals surface area contributed by atoms with Crippen LogP contribution in [0, 0.1) is 0 Å². The molecule has 1 aliphatic heterocycles. The van der Waals surface area contributed by atoms with Crippen LogP contribution in [0.4, 0.5) is 0 Å². The highest BCUT2D eigenvalue weighted by Crippen LogP contribution is 2.27. The minimum Gasteiger partial charge on any atom is -0.493 e. The lowest BCUT2D eigenvalue weighted by Crippen LogP contribution is -2.43. The Morgan fingerprint density at radius 2 is 1.37 bits per heavy atom. The molecule has 0 saturated carbocycles. The van der Waals surface area contributed by atoms with Gasteiger partial charge in [0.2, 0.25) is 0 Å². The van der Waals surface area contributed by atoms with Crippen molar-refractivity contribution in [2.45, 2.75) is 19.6 Å². The first kappa shape index (κ1) is 19.7. The smallest absolute Gasteiger partial charge is 0.161 e. The molecule has 1 saturated heterocycles. The fraction of sp³-hybridized carbons (Fsp3) is 0.455. The molecule has 1 aliphatic rings. The third kappa shape index (κ3) is 5.70. The second kappa shape index (κ2) is 9.74. The van der Waals surface area contributed by atoms with E-state index in [2.05, 4.69) is 52.5 Å². The van der Waals surface area contributed by atoms with Crippen LogP contribution in [0.3, 0.4) is 0 Å². The molecule has 0 radical (unpaired) electrons. The van der Waals surface area contributed by atoms with Crippen molar-refractivity contribution in [1.82, 2.24) is 15.1 Å². The lowest BCUT2D eigenvalue weighted by atomic mass is 10.1. The van der Waals surface area contributed by atoms with Gasteiger partial charge in [0.25, 0.3) is 0 Å². The summed E-state index contributed by atoms with van der Waals surface area (Å²) in [4.78, 5) is 4.92. The fourth-order valence-electron chi connectivity index (χ4n) is 3.37. The van der Waals surface area contributed by atoms with Crippen molar-refractivity contribution in [3.8, 4) is 11.5 Å². The SMILES string of the molecule is COc1ccc(CNCc2ccc(CN3CCN(C)CC3)cc2)cc1OC. The van der Waals surface area contributed by atoms with Gasteiger partial charge in [-0.25, -0.2) is 0 Å². The van der Waals surface area contributed by atoms with Crippen molar-refractivity contribution in [3.63, 3.8) is 0 Å². The molecule has 1 fully saturated rings. The van der Waals surface area contributed by atoms with E-state index in [9.17, 15) is 0 Å². The van der Waals surface area contributed by atoms with Crippen LogP contribution in [0.25, 0.3) is 0 Å². The molecule has 5 nitrogen and oxygen atoms in total. The molecule has 0 aromatic heterocycles. The number of benzene rings is 2. The number of ether oxygens (including phenoxy) is 2. The molecular formula is C22H31N3O2. The molecule has 27 heavy (non-hydrogen) atoms. The molecule has 0 amide bonds. The third-order valence-corrected chi connectivity index (χ3v) is 5.13. The van der Waals surface area contributed by atoms with Gasteiger partial charge in [-0.1, -0.05) is 30.3 Å². The Bertz CT molecular complexity index is 710. The van der Waals surface area contributed by atoms with Gasteiger partial charge in [-0.05, 0) is 35.9 Å². The molecule has 146 valence electrons. The average molecular weight is 370 g/mol. The highest BCUT2D eigenvalue weighted by Gasteiger charge is 2.13. The summed E-state index contributed by atoms with van der Waals surface area (Å²) in [6.07, 6.45) is 0. The van der Waals surface area contributed by atoms with E-state index < -0.39 is 0 Å². The van der Waals surface area contributed by atoms with Crippen LogP contribution in [0.15, 0.2) is 42.5 Å². The van der Waals surface area contributed by atoms with Crippen LogP contribution < -0.4 is 14.8 Å². The molecule has 2 aromatic rings. The first-order chi connectivity index (χ1) is 13.2. The first-order valence-corrected chi connectivity index (χ1v) is 9.58. The van der Waals surface area contributed by atoms with Crippen molar-refractivity contribution in [2.75, 3.05) is 47.4 Å². The highest BCUT2D eigenvalue weighted by atomic mass is 16.5. The summed E-state index contributed by atoms with van der Waals surface area (Å²) in [5, 5.41) is 3.50. The average Bonchev–Trinajstić information content (AvgIpc) is 2.71. The predicted octanol–water partition coefficient (Wildman–Crippen LogP) is 2.74. The Balaban J connectivity index is 1.46. The lowest BCUT2D eigenvalue weighted by Gasteiger charge is -2.32. The Labute approximate surface area is 162 Å². The van der Waals surface area contributed by atoms with Gasteiger partial charge in [-0.3, -0.25) is 4.90 Å². The number of methoxy groups -OCH3 is 2. The van der Waals surface area contributed by atoms with Crippen molar-refractivity contribution >= 4 is 0 Å². The number of hydrogen-bond acceptors (Lipinski definition) is 5. The van der Waals surface area contributed by atoms with E-state index in [0.29, 0.717) is 0 Å². The third-order valence-electron chi connectivity index (χ3n) is 5.13. The minimum absolute atomic E-state index is 0.761. The van der Waals surface area contributed by atoms with Crippen LogP contribution in [0.2, 0.25) is 0 Å². The summed E-state index contributed by atoms with van der Waals surface area (Å²) in [5.74, 6) is 1.53. The van der Waals surface area contributed by atoms with E-state index >= 15 is 0 Å². The van der Waals surface area contributed by atoms with Crippen molar-refractivity contribution < 1.29 is 9.47 Å². The van der Waals surface area contributed by atoms with Crippen molar-refractivity contribution in [2.24, 2.45) is 0 Å². The van der Waals surface area contributed by atoms with E-state index in [1.54, 1.807) is 14.2 Å². The molecule has 1 N–H and O–H groups in total. The van der Waals surface area contributed by atoms with E-state index in [0.717, 1.165) is 57.3 Å². The summed E-state index contributed by atoms with van der Waals surface area (Å²) < 4.78 is 10.6. The Morgan fingerprint density at radius 3 is 2.04 bits per heavy atom. The maximum atomic E-state index is 5.36. The van der Waals surface area contributed by atoms with Crippen LogP contribution in [0.5, 0.6) is 11.5 Å². The number of nitrogens with zero attached hydrogens (tertiary/aromatic N) is 2. The largest absolute Gasteiger partial charge is 0.493 e. The van der Waals surface area contributed by atoms with E-state index in [4.69, 9.17) is 9.47 Å². The topological polar surface area (TPSA) is 37.0 Å². The zero-order valence-electron chi connectivity index (χ0n) is 16.7. The van der Waals surface area contributed by atoms with Crippen molar-refractivity contribution in [3.05, 3.63) is 59.2 Å². The van der Waals surface area contributed by atoms with Gasteiger partial charge in [0.05, 0.1) is 14.2 Å². The first-order valence-electron chi connectivity index (χ1n) is 9.58. The van der Waals surface area contributed by atoms with Crippen LogP contribution in [-0.4, -0.2) is 57.2 Å². The van der Waals surface area contributed by atoms with Crippen LogP contribution >= 0.6 is 0 Å². The zero-order valence-corrected chi connectivity index (χ0v) is 16.7.